The lowest BCUT2D eigenvalue weighted by Gasteiger charge is -2.35. The lowest BCUT2D eigenvalue weighted by atomic mass is 9.94. The Hall–Kier alpha value is -1.79. The van der Waals surface area contributed by atoms with Gasteiger partial charge in [0.25, 0.3) is 0 Å². The molecule has 2 atom stereocenters. The van der Waals surface area contributed by atoms with E-state index in [1.54, 1.807) is 32.6 Å². The van der Waals surface area contributed by atoms with E-state index in [0.29, 0.717) is 25.9 Å². The molecule has 2 aliphatic rings. The molecule has 2 heterocycles. The molecule has 0 N–H and O–H groups in total. The van der Waals surface area contributed by atoms with Gasteiger partial charge in [0.05, 0.1) is 7.11 Å². The summed E-state index contributed by atoms with van der Waals surface area (Å²) in [5.74, 6) is -0.629. The van der Waals surface area contributed by atoms with Gasteiger partial charge in [-0.25, -0.2) is 9.59 Å². The van der Waals surface area contributed by atoms with Gasteiger partial charge < -0.3 is 14.4 Å². The zero-order valence-electron chi connectivity index (χ0n) is 14.5. The van der Waals surface area contributed by atoms with E-state index in [9.17, 15) is 14.4 Å². The zero-order valence-corrected chi connectivity index (χ0v) is 14.5. The summed E-state index contributed by atoms with van der Waals surface area (Å²) in [4.78, 5) is 40.2. The summed E-state index contributed by atoms with van der Waals surface area (Å²) < 4.78 is 10.2. The van der Waals surface area contributed by atoms with E-state index in [4.69, 9.17) is 9.47 Å². The SMILES string of the molecule is COC(=O)C(C)N1CC[C@@]2(CCCN2C(=O)OC(C)(C)C)C1=O. The first-order chi connectivity index (χ1) is 10.6. The molecule has 0 aromatic rings. The first-order valence-electron chi connectivity index (χ1n) is 8.02. The number of carbonyl (C=O) groups excluding carboxylic acids is 3. The molecule has 1 spiro atoms. The quantitative estimate of drug-likeness (QED) is 0.720. The van der Waals surface area contributed by atoms with Crippen molar-refractivity contribution in [1.82, 2.24) is 9.80 Å². The minimum absolute atomic E-state index is 0.182. The van der Waals surface area contributed by atoms with Crippen LogP contribution in [-0.4, -0.2) is 65.2 Å². The van der Waals surface area contributed by atoms with E-state index in [0.717, 1.165) is 6.42 Å². The van der Waals surface area contributed by atoms with Gasteiger partial charge in [-0.1, -0.05) is 0 Å². The Kier molecular flexibility index (Phi) is 4.59. The van der Waals surface area contributed by atoms with Gasteiger partial charge >= 0.3 is 12.1 Å². The van der Waals surface area contributed by atoms with Crippen molar-refractivity contribution in [3.8, 4) is 0 Å². The molecule has 7 heteroatoms. The predicted molar refractivity (Wildman–Crippen MR) is 82.7 cm³/mol. The molecule has 0 aromatic heterocycles. The lowest BCUT2D eigenvalue weighted by molar-refractivity contribution is -0.152. The summed E-state index contributed by atoms with van der Waals surface area (Å²) in [5.41, 5.74) is -1.48. The van der Waals surface area contributed by atoms with Gasteiger partial charge in [-0.15, -0.1) is 0 Å². The van der Waals surface area contributed by atoms with Crippen molar-refractivity contribution < 1.29 is 23.9 Å². The highest BCUT2D eigenvalue weighted by Gasteiger charge is 2.57. The molecule has 0 aliphatic carbocycles. The standard InChI is InChI=1S/C16H26N2O5/c1-11(12(19)22-5)17-10-8-16(13(17)20)7-6-9-18(16)14(21)23-15(2,3)4/h11H,6-10H2,1-5H3/t11?,16-/m0/s1. The first-order valence-corrected chi connectivity index (χ1v) is 8.02. The van der Waals surface area contributed by atoms with E-state index in [-0.39, 0.29) is 5.91 Å². The fourth-order valence-corrected chi connectivity index (χ4v) is 3.39. The van der Waals surface area contributed by atoms with Gasteiger partial charge in [-0.05, 0) is 47.0 Å². The highest BCUT2D eigenvalue weighted by atomic mass is 16.6. The van der Waals surface area contributed by atoms with Gasteiger partial charge in [0.15, 0.2) is 0 Å². The first kappa shape index (κ1) is 17.6. The van der Waals surface area contributed by atoms with E-state index >= 15 is 0 Å². The molecule has 130 valence electrons. The molecule has 7 nitrogen and oxygen atoms in total. The number of hydrogen-bond acceptors (Lipinski definition) is 5. The normalized spacial score (nSPS) is 25.9. The van der Waals surface area contributed by atoms with Crippen LogP contribution in [0.3, 0.4) is 0 Å². The van der Waals surface area contributed by atoms with Gasteiger partial charge in [0, 0.05) is 13.1 Å². The Morgan fingerprint density at radius 3 is 2.43 bits per heavy atom. The monoisotopic (exact) mass is 326 g/mol. The van der Waals surface area contributed by atoms with Crippen molar-refractivity contribution in [2.24, 2.45) is 0 Å². The molecule has 2 fully saturated rings. The number of hydrogen-bond donors (Lipinski definition) is 0. The largest absolute Gasteiger partial charge is 0.467 e. The van der Waals surface area contributed by atoms with Crippen LogP contribution in [0.1, 0.15) is 47.0 Å². The summed E-state index contributed by atoms with van der Waals surface area (Å²) in [7, 11) is 1.30. The van der Waals surface area contributed by atoms with Crippen molar-refractivity contribution in [2.75, 3.05) is 20.2 Å². The predicted octanol–water partition coefficient (Wildman–Crippen LogP) is 1.55. The van der Waals surface area contributed by atoms with Crippen LogP contribution in [0.5, 0.6) is 0 Å². The van der Waals surface area contributed by atoms with Crippen LogP contribution in [0.4, 0.5) is 4.79 Å². The van der Waals surface area contributed by atoms with Gasteiger partial charge in [-0.3, -0.25) is 9.69 Å². The molecule has 23 heavy (non-hydrogen) atoms. The van der Waals surface area contributed by atoms with Gasteiger partial charge in [0.1, 0.15) is 17.2 Å². The molecule has 0 bridgehead atoms. The maximum atomic E-state index is 12.9. The van der Waals surface area contributed by atoms with Crippen LogP contribution in [-0.2, 0) is 19.1 Å². The summed E-state index contributed by atoms with van der Waals surface area (Å²) >= 11 is 0. The summed E-state index contributed by atoms with van der Waals surface area (Å²) in [6, 6.07) is -0.645. The average Bonchev–Trinajstić information content (AvgIpc) is 3.02. The fraction of sp³-hybridized carbons (Fsp3) is 0.812. The van der Waals surface area contributed by atoms with Crippen LogP contribution < -0.4 is 0 Å². The third-order valence-corrected chi connectivity index (χ3v) is 4.54. The van der Waals surface area contributed by atoms with Crippen LogP contribution >= 0.6 is 0 Å². The third-order valence-electron chi connectivity index (χ3n) is 4.54. The summed E-state index contributed by atoms with van der Waals surface area (Å²) in [6.45, 7) is 7.99. The Labute approximate surface area is 136 Å². The van der Waals surface area contributed by atoms with Crippen molar-refractivity contribution in [1.29, 1.82) is 0 Å². The number of amides is 2. The minimum Gasteiger partial charge on any atom is -0.467 e. The second-order valence-electron chi connectivity index (χ2n) is 7.21. The average molecular weight is 326 g/mol. The maximum Gasteiger partial charge on any atom is 0.411 e. The van der Waals surface area contributed by atoms with Gasteiger partial charge in [0.2, 0.25) is 5.91 Å². The van der Waals surface area contributed by atoms with Crippen LogP contribution in [0.15, 0.2) is 0 Å². The molecule has 0 aromatic carbocycles. The molecule has 2 amide bonds. The maximum absolute atomic E-state index is 12.9. The molecule has 0 saturated carbocycles. The number of ether oxygens (including phenoxy) is 2. The molecular weight excluding hydrogens is 300 g/mol. The second-order valence-corrected chi connectivity index (χ2v) is 7.21. The Morgan fingerprint density at radius 1 is 1.22 bits per heavy atom. The van der Waals surface area contributed by atoms with Crippen molar-refractivity contribution >= 4 is 18.0 Å². The van der Waals surface area contributed by atoms with E-state index < -0.39 is 29.2 Å². The molecule has 1 unspecified atom stereocenters. The third kappa shape index (κ3) is 3.14. The van der Waals surface area contributed by atoms with Crippen molar-refractivity contribution in [3.63, 3.8) is 0 Å². The number of rotatable bonds is 2. The highest BCUT2D eigenvalue weighted by molar-refractivity contribution is 5.95. The topological polar surface area (TPSA) is 76.2 Å². The Balaban J connectivity index is 2.19. The van der Waals surface area contributed by atoms with Crippen molar-refractivity contribution in [2.45, 2.75) is 64.1 Å². The zero-order chi connectivity index (χ0) is 17.4. The van der Waals surface area contributed by atoms with Crippen LogP contribution in [0.25, 0.3) is 0 Å². The van der Waals surface area contributed by atoms with Crippen LogP contribution in [0.2, 0.25) is 0 Å². The number of esters is 1. The lowest BCUT2D eigenvalue weighted by Crippen LogP contribution is -2.55. The second kappa shape index (κ2) is 6.02. The number of nitrogens with zero attached hydrogens (tertiary/aromatic N) is 2. The molecule has 2 aliphatic heterocycles. The van der Waals surface area contributed by atoms with E-state index in [1.807, 2.05) is 0 Å². The molecule has 2 rings (SSSR count). The number of likely N-dealkylation sites (tertiary alicyclic amines) is 2. The summed E-state index contributed by atoms with van der Waals surface area (Å²) in [5, 5.41) is 0. The number of carbonyl (C=O) groups is 3. The van der Waals surface area contributed by atoms with Crippen molar-refractivity contribution in [3.05, 3.63) is 0 Å². The smallest absolute Gasteiger partial charge is 0.411 e. The molecule has 0 radical (unpaired) electrons. The highest BCUT2D eigenvalue weighted by Crippen LogP contribution is 2.40. The van der Waals surface area contributed by atoms with E-state index in [1.165, 1.54) is 12.0 Å². The molecule has 2 saturated heterocycles. The van der Waals surface area contributed by atoms with Gasteiger partial charge in [-0.2, -0.15) is 0 Å². The molecular formula is C16H26N2O5. The number of methoxy groups -OCH3 is 1. The van der Waals surface area contributed by atoms with Crippen LogP contribution in [0, 0.1) is 0 Å². The Morgan fingerprint density at radius 2 is 1.87 bits per heavy atom. The Bertz CT molecular complexity index is 513. The summed E-state index contributed by atoms with van der Waals surface area (Å²) in [6.07, 6.45) is 1.42. The minimum atomic E-state index is -0.870. The fourth-order valence-electron chi connectivity index (χ4n) is 3.39. The van der Waals surface area contributed by atoms with E-state index in [2.05, 4.69) is 0 Å².